The first kappa shape index (κ1) is 19.9. The van der Waals surface area contributed by atoms with E-state index in [1.54, 1.807) is 16.7 Å². The van der Waals surface area contributed by atoms with Crippen molar-refractivity contribution >= 4 is 29.3 Å². The first-order valence-corrected chi connectivity index (χ1v) is 11.5. The standard InChI is InChI=1S/C26H24N2O2S/c1-18-10-12-21(13-11-18)24(29)28-14-15-31-26(28)22-8-3-4-9-23(22)27(25(26)30)17-20-7-5-6-19(2)16-20/h3-13,16H,14-15,17H2,1-2H3/t26-/m0/s1. The van der Waals surface area contributed by atoms with Crippen molar-refractivity contribution in [3.63, 3.8) is 0 Å². The monoisotopic (exact) mass is 428 g/mol. The second-order valence-electron chi connectivity index (χ2n) is 8.21. The minimum Gasteiger partial charge on any atom is -0.311 e. The normalized spacial score (nSPS) is 19.9. The van der Waals surface area contributed by atoms with Crippen molar-refractivity contribution in [3.05, 3.63) is 101 Å². The molecule has 5 rings (SSSR count). The zero-order valence-corrected chi connectivity index (χ0v) is 18.5. The summed E-state index contributed by atoms with van der Waals surface area (Å²) < 4.78 is 0. The molecule has 0 aromatic heterocycles. The maximum absolute atomic E-state index is 14.0. The zero-order valence-electron chi connectivity index (χ0n) is 17.7. The maximum Gasteiger partial charge on any atom is 0.268 e. The van der Waals surface area contributed by atoms with E-state index in [-0.39, 0.29) is 11.8 Å². The number of amides is 2. The fraction of sp³-hybridized carbons (Fsp3) is 0.231. The molecule has 31 heavy (non-hydrogen) atoms. The Kier molecular flexibility index (Phi) is 4.86. The zero-order chi connectivity index (χ0) is 21.6. The summed E-state index contributed by atoms with van der Waals surface area (Å²) in [6.07, 6.45) is 0. The van der Waals surface area contributed by atoms with Gasteiger partial charge >= 0.3 is 0 Å². The van der Waals surface area contributed by atoms with Gasteiger partial charge in [0.2, 0.25) is 0 Å². The van der Waals surface area contributed by atoms with Crippen LogP contribution in [-0.2, 0) is 16.2 Å². The van der Waals surface area contributed by atoms with Crippen molar-refractivity contribution in [2.75, 3.05) is 17.2 Å². The van der Waals surface area contributed by atoms with Crippen LogP contribution in [0.25, 0.3) is 0 Å². The summed E-state index contributed by atoms with van der Waals surface area (Å²) in [5.74, 6) is 0.611. The van der Waals surface area contributed by atoms with Crippen LogP contribution in [0.5, 0.6) is 0 Å². The third kappa shape index (κ3) is 3.15. The van der Waals surface area contributed by atoms with Crippen LogP contribution < -0.4 is 4.90 Å². The average Bonchev–Trinajstić information content (AvgIpc) is 3.31. The second-order valence-corrected chi connectivity index (χ2v) is 9.50. The Hall–Kier alpha value is -3.05. The molecule has 1 fully saturated rings. The van der Waals surface area contributed by atoms with Crippen LogP contribution in [0.2, 0.25) is 0 Å². The SMILES string of the molecule is Cc1ccc(C(=O)N2CCS[C@@]23C(=O)N(Cc2cccc(C)c2)c2ccccc23)cc1. The van der Waals surface area contributed by atoms with Crippen molar-refractivity contribution in [1.29, 1.82) is 0 Å². The molecule has 0 aliphatic carbocycles. The molecule has 4 nitrogen and oxygen atoms in total. The van der Waals surface area contributed by atoms with E-state index in [0.717, 1.165) is 28.1 Å². The maximum atomic E-state index is 14.0. The number of hydrogen-bond acceptors (Lipinski definition) is 3. The number of fused-ring (bicyclic) bond motifs is 2. The molecule has 2 heterocycles. The topological polar surface area (TPSA) is 40.6 Å². The molecule has 3 aromatic rings. The predicted octanol–water partition coefficient (Wildman–Crippen LogP) is 4.89. The van der Waals surface area contributed by atoms with Crippen LogP contribution in [0, 0.1) is 13.8 Å². The summed E-state index contributed by atoms with van der Waals surface area (Å²) in [6, 6.07) is 23.7. The summed E-state index contributed by atoms with van der Waals surface area (Å²) in [5.41, 5.74) is 5.78. The number of thioether (sulfide) groups is 1. The van der Waals surface area contributed by atoms with Gasteiger partial charge in [0.25, 0.3) is 11.8 Å². The molecule has 0 unspecified atom stereocenters. The van der Waals surface area contributed by atoms with Crippen molar-refractivity contribution in [1.82, 2.24) is 4.90 Å². The van der Waals surface area contributed by atoms with Crippen molar-refractivity contribution in [2.45, 2.75) is 25.3 Å². The van der Waals surface area contributed by atoms with E-state index in [2.05, 4.69) is 19.1 Å². The minimum atomic E-state index is -0.998. The van der Waals surface area contributed by atoms with Gasteiger partial charge in [-0.05, 0) is 37.6 Å². The van der Waals surface area contributed by atoms with Crippen LogP contribution in [0.1, 0.15) is 32.6 Å². The fourth-order valence-corrected chi connectivity index (χ4v) is 6.03. The van der Waals surface area contributed by atoms with Gasteiger partial charge in [0, 0.05) is 23.4 Å². The van der Waals surface area contributed by atoms with Gasteiger partial charge in [-0.3, -0.25) is 9.59 Å². The molecule has 2 amide bonds. The van der Waals surface area contributed by atoms with Gasteiger partial charge < -0.3 is 9.80 Å². The molecule has 3 aromatic carbocycles. The fourth-order valence-electron chi connectivity index (χ4n) is 4.57. The smallest absolute Gasteiger partial charge is 0.268 e. The van der Waals surface area contributed by atoms with E-state index >= 15 is 0 Å². The number of para-hydroxylation sites is 1. The van der Waals surface area contributed by atoms with Gasteiger partial charge in [-0.2, -0.15) is 0 Å². The van der Waals surface area contributed by atoms with E-state index in [1.165, 1.54) is 5.56 Å². The molecule has 0 N–H and O–H groups in total. The molecule has 0 bridgehead atoms. The lowest BCUT2D eigenvalue weighted by Gasteiger charge is -2.33. The Morgan fingerprint density at radius 1 is 0.968 bits per heavy atom. The number of nitrogens with zero attached hydrogens (tertiary/aromatic N) is 2. The highest BCUT2D eigenvalue weighted by atomic mass is 32.2. The van der Waals surface area contributed by atoms with Crippen LogP contribution in [0.15, 0.2) is 72.8 Å². The number of benzene rings is 3. The molecular formula is C26H24N2O2S. The number of rotatable bonds is 3. The number of hydrogen-bond donors (Lipinski definition) is 0. The van der Waals surface area contributed by atoms with Crippen molar-refractivity contribution in [3.8, 4) is 0 Å². The average molecular weight is 429 g/mol. The molecule has 5 heteroatoms. The first-order valence-electron chi connectivity index (χ1n) is 10.5. The highest BCUT2D eigenvalue weighted by molar-refractivity contribution is 8.01. The van der Waals surface area contributed by atoms with E-state index < -0.39 is 4.87 Å². The van der Waals surface area contributed by atoms with Crippen molar-refractivity contribution < 1.29 is 9.59 Å². The Morgan fingerprint density at radius 3 is 2.52 bits per heavy atom. The Morgan fingerprint density at radius 2 is 1.74 bits per heavy atom. The lowest BCUT2D eigenvalue weighted by Crippen LogP contribution is -2.50. The van der Waals surface area contributed by atoms with Gasteiger partial charge in [-0.1, -0.05) is 65.7 Å². The van der Waals surface area contributed by atoms with E-state index in [9.17, 15) is 9.59 Å². The summed E-state index contributed by atoms with van der Waals surface area (Å²) in [4.78, 5) is 30.1. The third-order valence-electron chi connectivity index (χ3n) is 6.07. The minimum absolute atomic E-state index is 0.0295. The largest absolute Gasteiger partial charge is 0.311 e. The summed E-state index contributed by atoms with van der Waals surface area (Å²) >= 11 is 1.57. The first-order chi connectivity index (χ1) is 15.0. The van der Waals surface area contributed by atoms with Gasteiger partial charge in [0.15, 0.2) is 4.87 Å². The quantitative estimate of drug-likeness (QED) is 0.596. The van der Waals surface area contributed by atoms with Gasteiger partial charge in [0.1, 0.15) is 0 Å². The molecule has 2 aliphatic rings. The van der Waals surface area contributed by atoms with Crippen LogP contribution >= 0.6 is 11.8 Å². The summed E-state index contributed by atoms with van der Waals surface area (Å²) in [5, 5.41) is 0. The van der Waals surface area contributed by atoms with Gasteiger partial charge in [0.05, 0.1) is 12.2 Å². The molecule has 0 radical (unpaired) electrons. The van der Waals surface area contributed by atoms with Gasteiger partial charge in [-0.15, -0.1) is 11.8 Å². The summed E-state index contributed by atoms with van der Waals surface area (Å²) in [6.45, 7) is 5.10. The predicted molar refractivity (Wildman–Crippen MR) is 125 cm³/mol. The Balaban J connectivity index is 1.57. The molecule has 1 saturated heterocycles. The lowest BCUT2D eigenvalue weighted by atomic mass is 10.0. The van der Waals surface area contributed by atoms with E-state index in [4.69, 9.17) is 0 Å². The molecule has 1 atom stereocenters. The molecule has 156 valence electrons. The number of aryl methyl sites for hydroxylation is 2. The third-order valence-corrected chi connectivity index (χ3v) is 7.49. The van der Waals surface area contributed by atoms with Crippen LogP contribution in [-0.4, -0.2) is 29.0 Å². The number of anilines is 1. The number of carbonyl (C=O) groups is 2. The lowest BCUT2D eigenvalue weighted by molar-refractivity contribution is -0.123. The van der Waals surface area contributed by atoms with Crippen molar-refractivity contribution in [2.24, 2.45) is 0 Å². The molecule has 1 spiro atoms. The summed E-state index contributed by atoms with van der Waals surface area (Å²) in [7, 11) is 0. The number of carbonyl (C=O) groups excluding carboxylic acids is 2. The second kappa shape index (κ2) is 7.57. The highest BCUT2D eigenvalue weighted by Crippen LogP contribution is 2.54. The Bertz CT molecular complexity index is 1170. The molecular weight excluding hydrogens is 404 g/mol. The van der Waals surface area contributed by atoms with Crippen LogP contribution in [0.3, 0.4) is 0 Å². The Labute approximate surface area is 186 Å². The molecule has 0 saturated carbocycles. The van der Waals surface area contributed by atoms with Gasteiger partial charge in [-0.25, -0.2) is 0 Å². The van der Waals surface area contributed by atoms with E-state index in [0.29, 0.717) is 18.7 Å². The van der Waals surface area contributed by atoms with E-state index in [1.807, 2.05) is 72.5 Å². The molecule has 2 aliphatic heterocycles. The van der Waals surface area contributed by atoms with Crippen LogP contribution in [0.4, 0.5) is 5.69 Å². The highest BCUT2D eigenvalue weighted by Gasteiger charge is 2.59.